The maximum Gasteiger partial charge on any atom is 0.282 e. The van der Waals surface area contributed by atoms with Gasteiger partial charge in [0, 0.05) is 12.7 Å². The monoisotopic (exact) mass is 383 g/mol. The number of halogens is 1. The summed E-state index contributed by atoms with van der Waals surface area (Å²) in [6.45, 7) is 2.39. The highest BCUT2D eigenvalue weighted by molar-refractivity contribution is 5.85. The summed E-state index contributed by atoms with van der Waals surface area (Å²) in [7, 11) is 0. The molecule has 0 aliphatic heterocycles. The summed E-state index contributed by atoms with van der Waals surface area (Å²) < 4.78 is 1.92. The Morgan fingerprint density at radius 2 is 1.89 bits per heavy atom. The van der Waals surface area contributed by atoms with Crippen molar-refractivity contribution in [2.45, 2.75) is 13.0 Å². The number of fused-ring (bicyclic) bond motifs is 3. The number of nitrogens with zero attached hydrogens (tertiary/aromatic N) is 2. The van der Waals surface area contributed by atoms with Crippen LogP contribution in [-0.2, 0) is 6.54 Å². The van der Waals surface area contributed by atoms with E-state index in [1.807, 2.05) is 59.1 Å². The minimum atomic E-state index is -0.231. The lowest BCUT2D eigenvalue weighted by Gasteiger charge is -2.06. The summed E-state index contributed by atoms with van der Waals surface area (Å²) in [6, 6.07) is 15.9. The first-order chi connectivity index (χ1) is 12.8. The van der Waals surface area contributed by atoms with E-state index in [9.17, 15) is 4.79 Å². The van der Waals surface area contributed by atoms with Crippen LogP contribution < -0.4 is 16.6 Å². The Hall–Kier alpha value is -2.67. The lowest BCUT2D eigenvalue weighted by molar-refractivity contribution is 0.655. The van der Waals surface area contributed by atoms with Gasteiger partial charge in [0.05, 0.1) is 16.6 Å². The van der Waals surface area contributed by atoms with Crippen molar-refractivity contribution in [3.8, 4) is 11.1 Å². The molecule has 0 aliphatic carbocycles. The molecule has 140 valence electrons. The SMILES string of the molecule is Cl.NCCCNCc1ccc(-c2cn3c(nc2=O)[nH]c2ccccc23)cc1. The van der Waals surface area contributed by atoms with E-state index < -0.39 is 0 Å². The molecule has 2 heterocycles. The van der Waals surface area contributed by atoms with Crippen LogP contribution in [0.15, 0.2) is 59.5 Å². The Bertz CT molecular complexity index is 1100. The van der Waals surface area contributed by atoms with Crippen LogP contribution >= 0.6 is 12.4 Å². The Balaban J connectivity index is 0.00000210. The quantitative estimate of drug-likeness (QED) is 0.447. The normalized spacial score (nSPS) is 11.0. The van der Waals surface area contributed by atoms with Crippen LogP contribution in [0, 0.1) is 0 Å². The number of benzene rings is 2. The molecule has 0 unspecified atom stereocenters. The Morgan fingerprint density at radius 3 is 2.67 bits per heavy atom. The Morgan fingerprint density at radius 1 is 1.11 bits per heavy atom. The fourth-order valence-corrected chi connectivity index (χ4v) is 3.10. The number of para-hydroxylation sites is 2. The molecule has 0 fully saturated rings. The van der Waals surface area contributed by atoms with Gasteiger partial charge >= 0.3 is 0 Å². The van der Waals surface area contributed by atoms with Gasteiger partial charge in [0.1, 0.15) is 0 Å². The first-order valence-corrected chi connectivity index (χ1v) is 8.76. The molecule has 4 aromatic rings. The van der Waals surface area contributed by atoms with Crippen LogP contribution in [0.4, 0.5) is 0 Å². The molecule has 0 spiro atoms. The van der Waals surface area contributed by atoms with Crippen LogP contribution in [0.1, 0.15) is 12.0 Å². The molecule has 2 aromatic heterocycles. The van der Waals surface area contributed by atoms with Crippen molar-refractivity contribution in [3.05, 3.63) is 70.6 Å². The third kappa shape index (κ3) is 3.88. The van der Waals surface area contributed by atoms with Gasteiger partial charge in [-0.15, -0.1) is 12.4 Å². The van der Waals surface area contributed by atoms with Crippen molar-refractivity contribution in [2.75, 3.05) is 13.1 Å². The molecule has 0 bridgehead atoms. The second-order valence-corrected chi connectivity index (χ2v) is 6.31. The molecule has 0 radical (unpaired) electrons. The smallest absolute Gasteiger partial charge is 0.282 e. The average molecular weight is 384 g/mol. The highest BCUT2D eigenvalue weighted by atomic mass is 35.5. The van der Waals surface area contributed by atoms with Crippen molar-refractivity contribution >= 4 is 29.2 Å². The van der Waals surface area contributed by atoms with Gasteiger partial charge in [-0.25, -0.2) is 0 Å². The summed E-state index contributed by atoms with van der Waals surface area (Å²) in [4.78, 5) is 19.9. The van der Waals surface area contributed by atoms with Gasteiger partial charge in [0.25, 0.3) is 5.56 Å². The van der Waals surface area contributed by atoms with E-state index in [1.165, 1.54) is 5.56 Å². The zero-order valence-corrected chi connectivity index (χ0v) is 15.6. The summed E-state index contributed by atoms with van der Waals surface area (Å²) in [5.41, 5.74) is 9.85. The molecule has 7 heteroatoms. The molecule has 2 aromatic carbocycles. The van der Waals surface area contributed by atoms with Crippen molar-refractivity contribution in [2.24, 2.45) is 5.73 Å². The molecule has 0 atom stereocenters. The molecular formula is C20H22ClN5O. The average Bonchev–Trinajstić information content (AvgIpc) is 3.02. The second kappa shape index (κ2) is 8.35. The van der Waals surface area contributed by atoms with E-state index >= 15 is 0 Å². The number of aromatic amines is 1. The molecule has 0 aliphatic rings. The third-order valence-corrected chi connectivity index (χ3v) is 4.49. The van der Waals surface area contributed by atoms with Crippen molar-refractivity contribution < 1.29 is 0 Å². The molecule has 4 rings (SSSR count). The van der Waals surface area contributed by atoms with Crippen LogP contribution in [-0.4, -0.2) is 27.5 Å². The van der Waals surface area contributed by atoms with Gasteiger partial charge in [-0.1, -0.05) is 36.4 Å². The molecule has 27 heavy (non-hydrogen) atoms. The number of rotatable bonds is 6. The van der Waals surface area contributed by atoms with E-state index in [0.29, 0.717) is 17.9 Å². The zero-order chi connectivity index (χ0) is 17.9. The van der Waals surface area contributed by atoms with Crippen LogP contribution in [0.3, 0.4) is 0 Å². The van der Waals surface area contributed by atoms with Gasteiger partial charge in [0.15, 0.2) is 0 Å². The van der Waals surface area contributed by atoms with Gasteiger partial charge in [-0.05, 0) is 42.8 Å². The first-order valence-electron chi connectivity index (χ1n) is 8.76. The second-order valence-electron chi connectivity index (χ2n) is 6.31. The van der Waals surface area contributed by atoms with E-state index in [0.717, 1.165) is 36.1 Å². The molecule has 0 saturated carbocycles. The number of hydrogen-bond acceptors (Lipinski definition) is 4. The van der Waals surface area contributed by atoms with Gasteiger partial charge in [-0.3, -0.25) is 9.20 Å². The standard InChI is InChI=1S/C20H21N5O.ClH/c21-10-3-11-22-12-14-6-8-15(9-7-14)16-13-25-18-5-2-1-4-17(18)23-20(25)24-19(16)26;/h1-2,4-9,13,22H,3,10-12,21H2,(H,23,24,26);1H. The number of hydrogen-bond donors (Lipinski definition) is 3. The number of nitrogens with two attached hydrogens (primary N) is 1. The molecule has 4 N–H and O–H groups in total. The van der Waals surface area contributed by atoms with Crippen LogP contribution in [0.5, 0.6) is 0 Å². The van der Waals surface area contributed by atoms with Gasteiger partial charge < -0.3 is 16.0 Å². The van der Waals surface area contributed by atoms with E-state index in [2.05, 4.69) is 15.3 Å². The van der Waals surface area contributed by atoms with E-state index in [4.69, 9.17) is 5.73 Å². The van der Waals surface area contributed by atoms with Crippen LogP contribution in [0.25, 0.3) is 27.9 Å². The molecule has 6 nitrogen and oxygen atoms in total. The predicted molar refractivity (Wildman–Crippen MR) is 111 cm³/mol. The largest absolute Gasteiger partial charge is 0.330 e. The number of aromatic nitrogens is 3. The fourth-order valence-electron chi connectivity index (χ4n) is 3.10. The Kier molecular flexibility index (Phi) is 5.91. The zero-order valence-electron chi connectivity index (χ0n) is 14.8. The van der Waals surface area contributed by atoms with Crippen LogP contribution in [0.2, 0.25) is 0 Å². The number of nitrogens with one attached hydrogen (secondary N) is 2. The lowest BCUT2D eigenvalue weighted by Crippen LogP contribution is -2.17. The summed E-state index contributed by atoms with van der Waals surface area (Å²) in [6.07, 6.45) is 2.82. The van der Waals surface area contributed by atoms with Gasteiger partial charge in [0.2, 0.25) is 5.78 Å². The summed E-state index contributed by atoms with van der Waals surface area (Å²) >= 11 is 0. The van der Waals surface area contributed by atoms with Crippen molar-refractivity contribution in [3.63, 3.8) is 0 Å². The number of imidazole rings is 1. The molecular weight excluding hydrogens is 362 g/mol. The van der Waals surface area contributed by atoms with E-state index in [-0.39, 0.29) is 18.0 Å². The minimum absolute atomic E-state index is 0. The molecule has 0 amide bonds. The maximum atomic E-state index is 12.5. The first kappa shape index (κ1) is 19.1. The van der Waals surface area contributed by atoms with Crippen molar-refractivity contribution in [1.29, 1.82) is 0 Å². The van der Waals surface area contributed by atoms with Crippen molar-refractivity contribution in [1.82, 2.24) is 19.7 Å². The fraction of sp³-hybridized carbons (Fsp3) is 0.200. The number of H-pyrrole nitrogens is 1. The Labute approximate surface area is 162 Å². The van der Waals surface area contributed by atoms with E-state index in [1.54, 1.807) is 0 Å². The summed E-state index contributed by atoms with van der Waals surface area (Å²) in [5, 5.41) is 3.35. The maximum absolute atomic E-state index is 12.5. The third-order valence-electron chi connectivity index (χ3n) is 4.49. The minimum Gasteiger partial charge on any atom is -0.330 e. The lowest BCUT2D eigenvalue weighted by atomic mass is 10.1. The molecule has 0 saturated heterocycles. The topological polar surface area (TPSA) is 88.2 Å². The highest BCUT2D eigenvalue weighted by Crippen LogP contribution is 2.19. The summed E-state index contributed by atoms with van der Waals surface area (Å²) in [5.74, 6) is 0.556. The van der Waals surface area contributed by atoms with Gasteiger partial charge in [-0.2, -0.15) is 4.98 Å². The highest BCUT2D eigenvalue weighted by Gasteiger charge is 2.10. The predicted octanol–water partition coefficient (Wildman–Crippen LogP) is 2.70.